The Morgan fingerprint density at radius 1 is 1.23 bits per heavy atom. The number of hydrogen-bond donors (Lipinski definition) is 2. The van der Waals surface area contributed by atoms with E-state index in [9.17, 15) is 13.2 Å². The average Bonchev–Trinajstić information content (AvgIpc) is 2.48. The number of carbonyl (C=O) groups excluding carboxylic acids is 1. The number of nitrogens with two attached hydrogens (primary N) is 1. The Morgan fingerprint density at radius 2 is 1.86 bits per heavy atom. The van der Waals surface area contributed by atoms with Crippen molar-refractivity contribution in [3.63, 3.8) is 0 Å². The molecule has 2 aliphatic rings. The van der Waals surface area contributed by atoms with Crippen molar-refractivity contribution < 1.29 is 17.9 Å². The normalized spacial score (nSPS) is 26.0. The summed E-state index contributed by atoms with van der Waals surface area (Å²) in [5.74, 6) is -0.0402. The number of hydrogen-bond acceptors (Lipinski definition) is 5. The lowest BCUT2D eigenvalue weighted by molar-refractivity contribution is -0.121. The van der Waals surface area contributed by atoms with Crippen LogP contribution in [0.5, 0.6) is 0 Å². The highest BCUT2D eigenvalue weighted by Gasteiger charge is 2.19. The molecule has 22 heavy (non-hydrogen) atoms. The average molecular weight is 329 g/mol. The number of rotatable bonds is 6. The molecule has 0 bridgehead atoms. The largest absolute Gasteiger partial charge is 0.379 e. The lowest BCUT2D eigenvalue weighted by Crippen LogP contribution is -2.38. The first-order valence-corrected chi connectivity index (χ1v) is 9.04. The van der Waals surface area contributed by atoms with Crippen LogP contribution in [0.4, 0.5) is 0 Å². The first-order chi connectivity index (χ1) is 10.4. The number of sulfonamides is 1. The van der Waals surface area contributed by atoms with Crippen LogP contribution >= 0.6 is 0 Å². The van der Waals surface area contributed by atoms with Crippen LogP contribution in [-0.4, -0.2) is 63.4 Å². The smallest absolute Gasteiger partial charge is 0.220 e. The highest BCUT2D eigenvalue weighted by atomic mass is 32.2. The predicted molar refractivity (Wildman–Crippen MR) is 83.6 cm³/mol. The lowest BCUT2D eigenvalue weighted by Gasteiger charge is -2.26. The molecule has 3 N–H and O–H groups in total. The number of nitrogens with zero attached hydrogens (tertiary/aromatic N) is 1. The molecule has 1 saturated heterocycles. The molecule has 0 saturated carbocycles. The minimum Gasteiger partial charge on any atom is -0.379 e. The van der Waals surface area contributed by atoms with Gasteiger partial charge in [-0.15, -0.1) is 0 Å². The van der Waals surface area contributed by atoms with Gasteiger partial charge in [0.05, 0.1) is 19.3 Å². The molecular formula is C14H23N3O4S. The van der Waals surface area contributed by atoms with Crippen molar-refractivity contribution in [1.82, 2.24) is 10.2 Å². The molecule has 0 spiro atoms. The zero-order valence-corrected chi connectivity index (χ0v) is 13.3. The van der Waals surface area contributed by atoms with Crippen molar-refractivity contribution in [2.45, 2.75) is 24.1 Å². The number of primary sulfonamides is 1. The number of carbonyl (C=O) groups is 1. The zero-order valence-electron chi connectivity index (χ0n) is 12.5. The van der Waals surface area contributed by atoms with E-state index in [1.54, 1.807) is 12.2 Å². The van der Waals surface area contributed by atoms with Gasteiger partial charge in [-0.1, -0.05) is 24.3 Å². The minimum absolute atomic E-state index is 0.0402. The van der Waals surface area contributed by atoms with E-state index in [0.717, 1.165) is 39.3 Å². The van der Waals surface area contributed by atoms with Crippen molar-refractivity contribution in [1.29, 1.82) is 0 Å². The maximum Gasteiger partial charge on any atom is 0.220 e. The molecule has 0 radical (unpaired) electrons. The number of amides is 1. The molecule has 1 heterocycles. The van der Waals surface area contributed by atoms with Crippen molar-refractivity contribution >= 4 is 15.9 Å². The lowest BCUT2D eigenvalue weighted by atomic mass is 10.1. The molecule has 0 aromatic heterocycles. The van der Waals surface area contributed by atoms with Gasteiger partial charge in [-0.05, 0) is 13.0 Å². The van der Waals surface area contributed by atoms with E-state index in [2.05, 4.69) is 10.2 Å². The van der Waals surface area contributed by atoms with Crippen LogP contribution in [0.2, 0.25) is 0 Å². The van der Waals surface area contributed by atoms with Crippen LogP contribution in [0.25, 0.3) is 0 Å². The summed E-state index contributed by atoms with van der Waals surface area (Å²) in [6, 6.07) is -0.270. The summed E-state index contributed by atoms with van der Waals surface area (Å²) in [5, 5.41) is 7.10. The van der Waals surface area contributed by atoms with Crippen molar-refractivity contribution in [3.05, 3.63) is 24.3 Å². The first-order valence-electron chi connectivity index (χ1n) is 7.43. The molecule has 0 unspecified atom stereocenters. The van der Waals surface area contributed by atoms with Crippen LogP contribution in [-0.2, 0) is 19.6 Å². The fourth-order valence-electron chi connectivity index (χ4n) is 2.45. The van der Waals surface area contributed by atoms with Crippen molar-refractivity contribution in [3.8, 4) is 0 Å². The Kier molecular flexibility index (Phi) is 6.13. The third kappa shape index (κ3) is 5.53. The van der Waals surface area contributed by atoms with E-state index in [0.29, 0.717) is 6.42 Å². The summed E-state index contributed by atoms with van der Waals surface area (Å²) in [6.07, 6.45) is 7.53. The highest BCUT2D eigenvalue weighted by molar-refractivity contribution is 7.90. The van der Waals surface area contributed by atoms with E-state index >= 15 is 0 Å². The predicted octanol–water partition coefficient (Wildman–Crippen LogP) is -0.633. The summed E-state index contributed by atoms with van der Waals surface area (Å²) < 4.78 is 27.6. The van der Waals surface area contributed by atoms with Gasteiger partial charge in [-0.2, -0.15) is 0 Å². The first kappa shape index (κ1) is 17.1. The molecule has 0 aromatic carbocycles. The summed E-state index contributed by atoms with van der Waals surface area (Å²) in [6.45, 7) is 4.25. The number of ether oxygens (including phenoxy) is 1. The fraction of sp³-hybridized carbons (Fsp3) is 0.643. The van der Waals surface area contributed by atoms with Gasteiger partial charge in [0.25, 0.3) is 0 Å². The zero-order chi connectivity index (χ0) is 16.0. The monoisotopic (exact) mass is 329 g/mol. The second-order valence-electron chi connectivity index (χ2n) is 5.47. The summed E-state index contributed by atoms with van der Waals surface area (Å²) in [5.41, 5.74) is 0. The van der Waals surface area contributed by atoms with Crippen LogP contribution in [0, 0.1) is 0 Å². The second-order valence-corrected chi connectivity index (χ2v) is 7.20. The molecule has 0 atom stereocenters. The Labute approximate surface area is 131 Å². The van der Waals surface area contributed by atoms with E-state index < -0.39 is 15.3 Å². The van der Waals surface area contributed by atoms with E-state index in [1.165, 1.54) is 12.2 Å². The molecule has 7 nitrogen and oxygen atoms in total. The maximum absolute atomic E-state index is 11.9. The number of morpholine rings is 1. The molecule has 124 valence electrons. The van der Waals surface area contributed by atoms with Gasteiger partial charge in [0, 0.05) is 19.5 Å². The molecule has 1 fully saturated rings. The summed E-state index contributed by atoms with van der Waals surface area (Å²) in [4.78, 5) is 14.2. The Hall–Kier alpha value is -1.22. The Balaban J connectivity index is 1.66. The van der Waals surface area contributed by atoms with Gasteiger partial charge in [0.15, 0.2) is 0 Å². The van der Waals surface area contributed by atoms with Gasteiger partial charge in [-0.25, -0.2) is 13.6 Å². The van der Waals surface area contributed by atoms with Crippen LogP contribution < -0.4 is 10.5 Å². The van der Waals surface area contributed by atoms with Gasteiger partial charge in [0.2, 0.25) is 15.9 Å². The quantitative estimate of drug-likeness (QED) is 0.632. The third-order valence-electron chi connectivity index (χ3n) is 3.71. The van der Waals surface area contributed by atoms with Crippen LogP contribution in [0.3, 0.4) is 0 Å². The maximum atomic E-state index is 11.9. The van der Waals surface area contributed by atoms with Crippen molar-refractivity contribution in [2.75, 3.05) is 32.8 Å². The Morgan fingerprint density at radius 3 is 2.45 bits per heavy atom. The van der Waals surface area contributed by atoms with E-state index in [1.807, 2.05) is 0 Å². The number of nitrogens with one attached hydrogen (secondary N) is 1. The van der Waals surface area contributed by atoms with Gasteiger partial charge in [0.1, 0.15) is 5.25 Å². The van der Waals surface area contributed by atoms with E-state index in [-0.39, 0.29) is 11.9 Å². The third-order valence-corrected chi connectivity index (χ3v) is 4.78. The van der Waals surface area contributed by atoms with Gasteiger partial charge in [-0.3, -0.25) is 9.69 Å². The molecule has 0 aromatic rings. The van der Waals surface area contributed by atoms with Gasteiger partial charge < -0.3 is 10.1 Å². The fourth-order valence-corrected chi connectivity index (χ4v) is 3.07. The second kappa shape index (κ2) is 7.87. The van der Waals surface area contributed by atoms with Crippen molar-refractivity contribution in [2.24, 2.45) is 5.14 Å². The van der Waals surface area contributed by atoms with Crippen LogP contribution in [0.15, 0.2) is 24.3 Å². The summed E-state index contributed by atoms with van der Waals surface area (Å²) in [7, 11) is -3.61. The molecule has 2 rings (SSSR count). The van der Waals surface area contributed by atoms with Gasteiger partial charge >= 0.3 is 0 Å². The molecule has 8 heteroatoms. The van der Waals surface area contributed by atoms with E-state index in [4.69, 9.17) is 9.88 Å². The molecule has 1 aliphatic heterocycles. The molecule has 1 aliphatic carbocycles. The minimum atomic E-state index is -3.61. The standard InChI is InChI=1S/C14H23N3O4S/c15-22(19,20)13-5-3-12(4-6-13)16-14(18)2-1-7-17-8-10-21-11-9-17/h3-6,12-13H,1-2,7-11H2,(H,16,18)(H2,15,19,20). The SMILES string of the molecule is NS(=O)(=O)C1C=CC(NC(=O)CCCN2CCOCC2)C=C1. The molecular weight excluding hydrogens is 306 g/mol. The molecule has 1 amide bonds. The highest BCUT2D eigenvalue weighted by Crippen LogP contribution is 2.09. The Bertz CT molecular complexity index is 524. The topological polar surface area (TPSA) is 102 Å². The summed E-state index contributed by atoms with van der Waals surface area (Å²) >= 11 is 0. The van der Waals surface area contributed by atoms with Crippen LogP contribution in [0.1, 0.15) is 12.8 Å².